The van der Waals surface area contributed by atoms with Gasteiger partial charge in [-0.15, -0.1) is 11.3 Å². The normalized spacial score (nSPS) is 12.9. The second-order valence-electron chi connectivity index (χ2n) is 4.30. The fraction of sp³-hybridized carbons (Fsp3) is 0.500. The Morgan fingerprint density at radius 2 is 2.39 bits per heavy atom. The molecule has 2 N–H and O–H groups in total. The van der Waals surface area contributed by atoms with Crippen molar-refractivity contribution in [3.05, 3.63) is 16.6 Å². The number of aromatic nitrogens is 2. The van der Waals surface area contributed by atoms with Crippen molar-refractivity contribution in [2.45, 2.75) is 26.3 Å². The lowest BCUT2D eigenvalue weighted by Gasteiger charge is -2.12. The lowest BCUT2D eigenvalue weighted by molar-refractivity contribution is 0.0919. The van der Waals surface area contributed by atoms with Crippen LogP contribution >= 0.6 is 11.3 Å². The molecule has 0 aliphatic rings. The van der Waals surface area contributed by atoms with Gasteiger partial charge in [0.15, 0.2) is 0 Å². The van der Waals surface area contributed by atoms with E-state index in [0.717, 1.165) is 15.9 Å². The zero-order chi connectivity index (χ0) is 13.3. The van der Waals surface area contributed by atoms with E-state index in [9.17, 15) is 4.79 Å². The number of nitrogens with one attached hydrogen (secondary N) is 1. The molecule has 0 aliphatic carbocycles. The molecule has 1 unspecified atom stereocenters. The van der Waals surface area contributed by atoms with Gasteiger partial charge in [-0.25, -0.2) is 0 Å². The Morgan fingerprint density at radius 3 is 2.94 bits per heavy atom. The third-order valence-electron chi connectivity index (χ3n) is 2.97. The van der Waals surface area contributed by atoms with E-state index >= 15 is 0 Å². The van der Waals surface area contributed by atoms with Gasteiger partial charge in [0.1, 0.15) is 4.83 Å². The summed E-state index contributed by atoms with van der Waals surface area (Å²) in [5, 5.41) is 17.2. The number of thiophene rings is 1. The van der Waals surface area contributed by atoms with E-state index in [0.29, 0.717) is 11.3 Å². The van der Waals surface area contributed by atoms with Crippen molar-refractivity contribution in [1.29, 1.82) is 0 Å². The monoisotopic (exact) mass is 267 g/mol. The second-order valence-corrected chi connectivity index (χ2v) is 5.33. The van der Waals surface area contributed by atoms with Gasteiger partial charge in [-0.3, -0.25) is 9.48 Å². The van der Waals surface area contributed by atoms with Gasteiger partial charge in [0.25, 0.3) is 5.91 Å². The minimum Gasteiger partial charge on any atom is -0.394 e. The fourth-order valence-corrected chi connectivity index (χ4v) is 2.88. The van der Waals surface area contributed by atoms with Crippen molar-refractivity contribution in [3.8, 4) is 0 Å². The molecule has 0 fully saturated rings. The maximum atomic E-state index is 12.0. The maximum absolute atomic E-state index is 12.0. The zero-order valence-electron chi connectivity index (χ0n) is 10.7. The quantitative estimate of drug-likeness (QED) is 0.881. The number of hydrogen-bond acceptors (Lipinski definition) is 4. The molecule has 18 heavy (non-hydrogen) atoms. The molecule has 1 amide bonds. The lowest BCUT2D eigenvalue weighted by Crippen LogP contribution is -2.36. The summed E-state index contributed by atoms with van der Waals surface area (Å²) in [5.74, 6) is -0.128. The summed E-state index contributed by atoms with van der Waals surface area (Å²) in [6.07, 6.45) is 0.716. The van der Waals surface area contributed by atoms with Gasteiger partial charge in [-0.05, 0) is 19.4 Å². The van der Waals surface area contributed by atoms with Crippen molar-refractivity contribution in [3.63, 3.8) is 0 Å². The number of aryl methyl sites for hydroxylation is 2. The number of carbonyl (C=O) groups is 1. The van der Waals surface area contributed by atoms with Gasteiger partial charge in [0.2, 0.25) is 0 Å². The highest BCUT2D eigenvalue weighted by molar-refractivity contribution is 7.20. The van der Waals surface area contributed by atoms with E-state index < -0.39 is 0 Å². The van der Waals surface area contributed by atoms with E-state index in [-0.39, 0.29) is 18.6 Å². The maximum Gasteiger partial charge on any atom is 0.261 e. The van der Waals surface area contributed by atoms with Crippen LogP contribution in [0.3, 0.4) is 0 Å². The molecule has 2 aromatic rings. The summed E-state index contributed by atoms with van der Waals surface area (Å²) in [6.45, 7) is 3.83. The minimum absolute atomic E-state index is 0.0340. The van der Waals surface area contributed by atoms with Crippen molar-refractivity contribution >= 4 is 27.5 Å². The number of aliphatic hydroxyl groups is 1. The Kier molecular flexibility index (Phi) is 3.68. The minimum atomic E-state index is -0.179. The Hall–Kier alpha value is -1.40. The van der Waals surface area contributed by atoms with Gasteiger partial charge in [0.05, 0.1) is 23.2 Å². The third kappa shape index (κ3) is 2.26. The summed E-state index contributed by atoms with van der Waals surface area (Å²) in [5.41, 5.74) is 0.928. The number of fused-ring (bicyclic) bond motifs is 1. The lowest BCUT2D eigenvalue weighted by atomic mass is 10.2. The molecule has 1 atom stereocenters. The molecule has 0 saturated heterocycles. The molecular formula is C12H17N3O2S. The predicted molar refractivity (Wildman–Crippen MR) is 72.0 cm³/mol. The molecule has 0 bridgehead atoms. The van der Waals surface area contributed by atoms with Crippen LogP contribution in [0.1, 0.15) is 28.7 Å². The molecule has 6 heteroatoms. The molecular weight excluding hydrogens is 250 g/mol. The third-order valence-corrected chi connectivity index (χ3v) is 4.17. The fourth-order valence-electron chi connectivity index (χ4n) is 1.85. The first-order valence-corrected chi connectivity index (χ1v) is 6.73. The molecule has 0 aromatic carbocycles. The van der Waals surface area contributed by atoms with Gasteiger partial charge >= 0.3 is 0 Å². The van der Waals surface area contributed by atoms with Crippen molar-refractivity contribution in [1.82, 2.24) is 15.1 Å². The Labute approximate surface area is 109 Å². The topological polar surface area (TPSA) is 67.2 Å². The van der Waals surface area contributed by atoms with E-state index in [1.807, 2.05) is 27.0 Å². The van der Waals surface area contributed by atoms with Crippen LogP contribution in [0.25, 0.3) is 10.2 Å². The first-order valence-electron chi connectivity index (χ1n) is 5.91. The van der Waals surface area contributed by atoms with Crippen molar-refractivity contribution < 1.29 is 9.90 Å². The van der Waals surface area contributed by atoms with Crippen LogP contribution in [0.2, 0.25) is 0 Å². The van der Waals surface area contributed by atoms with Gasteiger partial charge in [-0.1, -0.05) is 6.92 Å². The van der Waals surface area contributed by atoms with Crippen LogP contribution in [-0.4, -0.2) is 33.4 Å². The molecule has 2 rings (SSSR count). The van der Waals surface area contributed by atoms with Crippen molar-refractivity contribution in [2.24, 2.45) is 7.05 Å². The van der Waals surface area contributed by atoms with Crippen LogP contribution in [0.5, 0.6) is 0 Å². The zero-order valence-corrected chi connectivity index (χ0v) is 11.5. The highest BCUT2D eigenvalue weighted by atomic mass is 32.1. The number of rotatable bonds is 4. The molecule has 2 aromatic heterocycles. The molecule has 5 nitrogen and oxygen atoms in total. The summed E-state index contributed by atoms with van der Waals surface area (Å²) in [7, 11) is 1.87. The van der Waals surface area contributed by atoms with Crippen LogP contribution in [0, 0.1) is 6.92 Å². The Morgan fingerprint density at radius 1 is 1.67 bits per heavy atom. The van der Waals surface area contributed by atoms with E-state index in [1.165, 1.54) is 11.3 Å². The van der Waals surface area contributed by atoms with Gasteiger partial charge < -0.3 is 10.4 Å². The van der Waals surface area contributed by atoms with Crippen LogP contribution in [0.15, 0.2) is 6.07 Å². The summed E-state index contributed by atoms with van der Waals surface area (Å²) < 4.78 is 1.79. The highest BCUT2D eigenvalue weighted by Gasteiger charge is 2.17. The Balaban J connectivity index is 2.26. The summed E-state index contributed by atoms with van der Waals surface area (Å²) in [4.78, 5) is 13.7. The summed E-state index contributed by atoms with van der Waals surface area (Å²) in [6, 6.07) is 1.68. The van der Waals surface area contributed by atoms with Gasteiger partial charge in [-0.2, -0.15) is 5.10 Å². The predicted octanol–water partition coefficient (Wildman–Crippen LogP) is 1.44. The summed E-state index contributed by atoms with van der Waals surface area (Å²) >= 11 is 1.42. The van der Waals surface area contributed by atoms with E-state index in [1.54, 1.807) is 4.68 Å². The number of nitrogens with zero attached hydrogens (tertiary/aromatic N) is 2. The Bertz CT molecular complexity index is 535. The number of hydrogen-bond donors (Lipinski definition) is 2. The smallest absolute Gasteiger partial charge is 0.261 e. The average Bonchev–Trinajstić information content (AvgIpc) is 2.89. The molecule has 0 saturated carbocycles. The van der Waals surface area contributed by atoms with Crippen molar-refractivity contribution in [2.75, 3.05) is 6.61 Å². The SMILES string of the molecule is CCC(CO)NC(=O)c1cc2c(C)nn(C)c2s1. The molecule has 2 heterocycles. The number of carbonyl (C=O) groups excluding carboxylic acids is 1. The average molecular weight is 267 g/mol. The first kappa shape index (κ1) is 13.0. The molecule has 0 spiro atoms. The van der Waals surface area contributed by atoms with Crippen LogP contribution in [-0.2, 0) is 7.05 Å². The van der Waals surface area contributed by atoms with E-state index in [2.05, 4.69) is 10.4 Å². The van der Waals surface area contributed by atoms with E-state index in [4.69, 9.17) is 5.11 Å². The standard InChI is InChI=1S/C12H17N3O2S/c1-4-8(6-16)13-11(17)10-5-9-7(2)14-15(3)12(9)18-10/h5,8,16H,4,6H2,1-3H3,(H,13,17). The van der Waals surface area contributed by atoms with Crippen LogP contribution < -0.4 is 5.32 Å². The molecule has 98 valence electrons. The molecule has 0 aliphatic heterocycles. The van der Waals surface area contributed by atoms with Gasteiger partial charge in [0, 0.05) is 12.4 Å². The molecule has 0 radical (unpaired) electrons. The largest absolute Gasteiger partial charge is 0.394 e. The second kappa shape index (κ2) is 5.07. The van der Waals surface area contributed by atoms with Crippen LogP contribution in [0.4, 0.5) is 0 Å². The first-order chi connectivity index (χ1) is 8.56. The number of amides is 1. The number of aliphatic hydroxyl groups excluding tert-OH is 1. The highest BCUT2D eigenvalue weighted by Crippen LogP contribution is 2.27.